The van der Waals surface area contributed by atoms with Gasteiger partial charge in [-0.15, -0.1) is 0 Å². The minimum absolute atomic E-state index is 0.109. The van der Waals surface area contributed by atoms with Crippen LogP contribution in [0.5, 0.6) is 0 Å². The van der Waals surface area contributed by atoms with Crippen LogP contribution in [-0.2, 0) is 19.1 Å². The van der Waals surface area contributed by atoms with Crippen molar-refractivity contribution in [2.24, 2.45) is 5.92 Å². The highest BCUT2D eigenvalue weighted by molar-refractivity contribution is 5.68. The molecule has 0 bridgehead atoms. The fourth-order valence-electron chi connectivity index (χ4n) is 1.32. The summed E-state index contributed by atoms with van der Waals surface area (Å²) in [4.78, 5) is 21.0. The molecule has 6 nitrogen and oxygen atoms in total. The number of rotatable bonds is 6. The minimum atomic E-state index is -1.01. The number of hydrogen-bond acceptors (Lipinski definition) is 4. The Morgan fingerprint density at radius 3 is 2.50 bits per heavy atom. The van der Waals surface area contributed by atoms with E-state index in [1.165, 1.54) is 18.8 Å². The SMILES string of the molecule is O=C(O)CCC(CC(=O)O)C1=COC=CO1. The predicted molar refractivity (Wildman–Crippen MR) is 52.0 cm³/mol. The summed E-state index contributed by atoms with van der Waals surface area (Å²) in [7, 11) is 0. The summed E-state index contributed by atoms with van der Waals surface area (Å²) in [5.74, 6) is -2.12. The standard InChI is InChI=1S/C10H12O6/c11-9(12)2-1-7(5-10(13)14)8-6-15-3-4-16-8/h3-4,6-7H,1-2,5H2,(H,11,12)(H,13,14). The van der Waals surface area contributed by atoms with Crippen molar-refractivity contribution in [2.45, 2.75) is 19.3 Å². The van der Waals surface area contributed by atoms with Gasteiger partial charge in [-0.25, -0.2) is 0 Å². The molecule has 1 aliphatic heterocycles. The summed E-state index contributed by atoms with van der Waals surface area (Å²) in [6.45, 7) is 0. The zero-order valence-electron chi connectivity index (χ0n) is 8.46. The minimum Gasteiger partial charge on any atom is -0.481 e. The smallest absolute Gasteiger partial charge is 0.304 e. The van der Waals surface area contributed by atoms with Gasteiger partial charge in [-0.05, 0) is 6.42 Å². The lowest BCUT2D eigenvalue weighted by Crippen LogP contribution is -2.14. The van der Waals surface area contributed by atoms with Gasteiger partial charge in [0.1, 0.15) is 24.5 Å². The Bertz CT molecular complexity index is 330. The van der Waals surface area contributed by atoms with Crippen molar-refractivity contribution in [3.63, 3.8) is 0 Å². The lowest BCUT2D eigenvalue weighted by atomic mass is 9.97. The van der Waals surface area contributed by atoms with E-state index in [2.05, 4.69) is 0 Å². The molecule has 2 N–H and O–H groups in total. The average molecular weight is 228 g/mol. The molecular formula is C10H12O6. The van der Waals surface area contributed by atoms with E-state index < -0.39 is 17.9 Å². The molecule has 1 heterocycles. The van der Waals surface area contributed by atoms with Crippen molar-refractivity contribution in [1.29, 1.82) is 0 Å². The Kier molecular flexibility index (Phi) is 4.38. The molecule has 0 aromatic carbocycles. The third-order valence-electron chi connectivity index (χ3n) is 2.05. The van der Waals surface area contributed by atoms with Gasteiger partial charge in [0.15, 0.2) is 0 Å². The molecule has 1 atom stereocenters. The van der Waals surface area contributed by atoms with Gasteiger partial charge in [0.05, 0.1) is 6.42 Å². The molecule has 0 fully saturated rings. The number of carboxylic acids is 2. The van der Waals surface area contributed by atoms with Crippen LogP contribution in [0.3, 0.4) is 0 Å². The monoisotopic (exact) mass is 228 g/mol. The van der Waals surface area contributed by atoms with Crippen LogP contribution in [0.25, 0.3) is 0 Å². The van der Waals surface area contributed by atoms with Crippen molar-refractivity contribution < 1.29 is 29.3 Å². The third kappa shape index (κ3) is 4.04. The highest BCUT2D eigenvalue weighted by atomic mass is 16.5. The van der Waals surface area contributed by atoms with Crippen LogP contribution in [0.4, 0.5) is 0 Å². The first-order valence-corrected chi connectivity index (χ1v) is 4.70. The lowest BCUT2D eigenvalue weighted by molar-refractivity contribution is -0.140. The van der Waals surface area contributed by atoms with E-state index in [9.17, 15) is 9.59 Å². The van der Waals surface area contributed by atoms with Crippen LogP contribution in [-0.4, -0.2) is 22.2 Å². The molecular weight excluding hydrogens is 216 g/mol. The maximum atomic E-state index is 10.6. The van der Waals surface area contributed by atoms with Crippen molar-refractivity contribution in [1.82, 2.24) is 0 Å². The Hall–Kier alpha value is -1.98. The fraction of sp³-hybridized carbons (Fsp3) is 0.400. The fourth-order valence-corrected chi connectivity index (χ4v) is 1.32. The van der Waals surface area contributed by atoms with Gasteiger partial charge in [-0.2, -0.15) is 0 Å². The summed E-state index contributed by atoms with van der Waals surface area (Å²) < 4.78 is 9.92. The largest absolute Gasteiger partial charge is 0.481 e. The lowest BCUT2D eigenvalue weighted by Gasteiger charge is -2.18. The zero-order valence-corrected chi connectivity index (χ0v) is 8.46. The number of hydrogen-bond donors (Lipinski definition) is 2. The molecule has 88 valence electrons. The summed E-state index contributed by atoms with van der Waals surface area (Å²) in [6, 6.07) is 0. The van der Waals surface area contributed by atoms with E-state index >= 15 is 0 Å². The second kappa shape index (κ2) is 5.79. The number of allylic oxidation sites excluding steroid dienone is 1. The molecule has 0 amide bonds. The van der Waals surface area contributed by atoms with Gasteiger partial charge in [0.25, 0.3) is 0 Å². The predicted octanol–water partition coefficient (Wildman–Crippen LogP) is 1.30. The highest BCUT2D eigenvalue weighted by Gasteiger charge is 2.21. The zero-order chi connectivity index (χ0) is 12.0. The van der Waals surface area contributed by atoms with E-state index in [0.29, 0.717) is 5.76 Å². The number of carbonyl (C=O) groups is 2. The van der Waals surface area contributed by atoms with E-state index in [-0.39, 0.29) is 19.3 Å². The van der Waals surface area contributed by atoms with Crippen LogP contribution in [0.15, 0.2) is 24.5 Å². The quantitative estimate of drug-likeness (QED) is 0.711. The maximum absolute atomic E-state index is 10.6. The van der Waals surface area contributed by atoms with E-state index in [1.54, 1.807) is 0 Å². The molecule has 0 spiro atoms. The van der Waals surface area contributed by atoms with Crippen LogP contribution >= 0.6 is 0 Å². The topological polar surface area (TPSA) is 93.1 Å². The Morgan fingerprint density at radius 2 is 2.00 bits per heavy atom. The van der Waals surface area contributed by atoms with E-state index in [4.69, 9.17) is 19.7 Å². The first-order chi connectivity index (χ1) is 7.59. The number of ether oxygens (including phenoxy) is 2. The van der Waals surface area contributed by atoms with E-state index in [1.807, 2.05) is 0 Å². The van der Waals surface area contributed by atoms with Crippen molar-refractivity contribution >= 4 is 11.9 Å². The van der Waals surface area contributed by atoms with Gasteiger partial charge in [-0.1, -0.05) is 0 Å². The molecule has 1 unspecified atom stereocenters. The summed E-state index contributed by atoms with van der Waals surface area (Å²) in [5.41, 5.74) is 0. The summed E-state index contributed by atoms with van der Waals surface area (Å²) >= 11 is 0. The maximum Gasteiger partial charge on any atom is 0.304 e. The number of aliphatic carboxylic acids is 2. The van der Waals surface area contributed by atoms with Crippen LogP contribution in [0.1, 0.15) is 19.3 Å². The molecule has 0 aromatic rings. The molecule has 6 heteroatoms. The van der Waals surface area contributed by atoms with Gasteiger partial charge >= 0.3 is 11.9 Å². The third-order valence-corrected chi connectivity index (χ3v) is 2.05. The molecule has 1 rings (SSSR count). The van der Waals surface area contributed by atoms with Crippen LogP contribution in [0, 0.1) is 5.92 Å². The highest BCUT2D eigenvalue weighted by Crippen LogP contribution is 2.24. The van der Waals surface area contributed by atoms with Gasteiger partial charge < -0.3 is 19.7 Å². The molecule has 0 radical (unpaired) electrons. The second-order valence-corrected chi connectivity index (χ2v) is 3.27. The Labute approximate surface area is 91.8 Å². The van der Waals surface area contributed by atoms with Crippen LogP contribution in [0.2, 0.25) is 0 Å². The van der Waals surface area contributed by atoms with Gasteiger partial charge in [-0.3, -0.25) is 9.59 Å². The molecule has 0 aromatic heterocycles. The van der Waals surface area contributed by atoms with Crippen molar-refractivity contribution in [3.05, 3.63) is 24.5 Å². The average Bonchev–Trinajstić information content (AvgIpc) is 2.25. The molecule has 16 heavy (non-hydrogen) atoms. The second-order valence-electron chi connectivity index (χ2n) is 3.27. The first kappa shape index (κ1) is 12.1. The van der Waals surface area contributed by atoms with Crippen molar-refractivity contribution in [2.75, 3.05) is 0 Å². The molecule has 0 saturated carbocycles. The normalized spacial score (nSPS) is 15.6. The van der Waals surface area contributed by atoms with Crippen molar-refractivity contribution in [3.8, 4) is 0 Å². The number of carboxylic acid groups (broad SMARTS) is 2. The molecule has 0 aliphatic carbocycles. The molecule has 1 aliphatic rings. The molecule has 0 saturated heterocycles. The van der Waals surface area contributed by atoms with E-state index in [0.717, 1.165) is 0 Å². The summed E-state index contributed by atoms with van der Waals surface area (Å²) in [6.07, 6.45) is 3.78. The summed E-state index contributed by atoms with van der Waals surface area (Å²) in [5, 5.41) is 17.2. The first-order valence-electron chi connectivity index (χ1n) is 4.70. The van der Waals surface area contributed by atoms with Gasteiger partial charge in [0, 0.05) is 12.3 Å². The Morgan fingerprint density at radius 1 is 1.25 bits per heavy atom. The van der Waals surface area contributed by atoms with Gasteiger partial charge in [0.2, 0.25) is 0 Å². The Balaban J connectivity index is 2.58. The van der Waals surface area contributed by atoms with Crippen LogP contribution < -0.4 is 0 Å².